The van der Waals surface area contributed by atoms with Crippen molar-refractivity contribution in [2.24, 2.45) is 5.41 Å². The number of halogens is 2. The van der Waals surface area contributed by atoms with Crippen molar-refractivity contribution >= 4 is 27.8 Å². The van der Waals surface area contributed by atoms with Crippen molar-refractivity contribution in [1.82, 2.24) is 4.90 Å². The summed E-state index contributed by atoms with van der Waals surface area (Å²) in [5.74, 6) is -2.00. The third kappa shape index (κ3) is 2.63. The molecule has 1 aliphatic heterocycles. The lowest BCUT2D eigenvalue weighted by Gasteiger charge is -2.20. The molecule has 1 saturated heterocycles. The van der Waals surface area contributed by atoms with E-state index in [1.807, 2.05) is 0 Å². The first-order valence-corrected chi connectivity index (χ1v) is 6.60. The molecule has 1 unspecified atom stereocenters. The minimum Gasteiger partial charge on any atom is -0.481 e. The van der Waals surface area contributed by atoms with Gasteiger partial charge in [-0.1, -0.05) is 15.9 Å². The highest BCUT2D eigenvalue weighted by molar-refractivity contribution is 9.10. The maximum Gasteiger partial charge on any atom is 0.311 e. The van der Waals surface area contributed by atoms with Gasteiger partial charge in [0.25, 0.3) is 5.91 Å². The van der Waals surface area contributed by atoms with Crippen LogP contribution in [0.25, 0.3) is 0 Å². The normalized spacial score (nSPS) is 22.6. The fourth-order valence-electron chi connectivity index (χ4n) is 2.14. The molecule has 0 spiro atoms. The second kappa shape index (κ2) is 4.92. The van der Waals surface area contributed by atoms with E-state index in [0.717, 1.165) is 0 Å². The second-order valence-electron chi connectivity index (χ2n) is 4.97. The monoisotopic (exact) mass is 329 g/mol. The summed E-state index contributed by atoms with van der Waals surface area (Å²) in [5, 5.41) is 9.12. The number of aliphatic carboxylic acids is 1. The average Bonchev–Trinajstić information content (AvgIpc) is 2.73. The lowest BCUT2D eigenvalue weighted by Crippen LogP contribution is -2.35. The van der Waals surface area contributed by atoms with Crippen LogP contribution >= 0.6 is 15.9 Å². The van der Waals surface area contributed by atoms with Gasteiger partial charge in [0.2, 0.25) is 0 Å². The summed E-state index contributed by atoms with van der Waals surface area (Å²) >= 11 is 3.12. The fraction of sp³-hybridized carbons (Fsp3) is 0.385. The fourth-order valence-corrected chi connectivity index (χ4v) is 2.48. The van der Waals surface area contributed by atoms with Crippen LogP contribution in [0.1, 0.15) is 23.7 Å². The first-order chi connectivity index (χ1) is 8.83. The summed E-state index contributed by atoms with van der Waals surface area (Å²) < 4.78 is 14.3. The minimum atomic E-state index is -0.943. The molecule has 1 heterocycles. The average molecular weight is 330 g/mol. The van der Waals surface area contributed by atoms with Crippen LogP contribution in [0, 0.1) is 11.2 Å². The molecule has 0 radical (unpaired) electrons. The Balaban J connectivity index is 2.20. The largest absolute Gasteiger partial charge is 0.481 e. The zero-order valence-electron chi connectivity index (χ0n) is 10.3. The number of carboxylic acids is 1. The Morgan fingerprint density at radius 3 is 2.68 bits per heavy atom. The number of carbonyl (C=O) groups excluding carboxylic acids is 1. The zero-order chi connectivity index (χ0) is 14.2. The van der Waals surface area contributed by atoms with E-state index < -0.39 is 23.1 Å². The zero-order valence-corrected chi connectivity index (χ0v) is 11.9. The Hall–Kier alpha value is -1.43. The topological polar surface area (TPSA) is 57.6 Å². The Bertz CT molecular complexity index is 549. The van der Waals surface area contributed by atoms with Crippen LogP contribution in [-0.4, -0.2) is 35.0 Å². The number of nitrogens with zero attached hydrogens (tertiary/aromatic N) is 1. The van der Waals surface area contributed by atoms with Gasteiger partial charge >= 0.3 is 5.97 Å². The molecule has 0 aromatic heterocycles. The van der Waals surface area contributed by atoms with E-state index in [1.165, 1.54) is 17.0 Å². The third-order valence-corrected chi connectivity index (χ3v) is 3.93. The van der Waals surface area contributed by atoms with Crippen molar-refractivity contribution in [3.05, 3.63) is 34.1 Å². The van der Waals surface area contributed by atoms with E-state index in [0.29, 0.717) is 17.4 Å². The number of hydrogen-bond acceptors (Lipinski definition) is 2. The highest BCUT2D eigenvalue weighted by atomic mass is 79.9. The number of amides is 1. The molecule has 19 heavy (non-hydrogen) atoms. The van der Waals surface area contributed by atoms with Crippen LogP contribution < -0.4 is 0 Å². The maximum absolute atomic E-state index is 13.7. The lowest BCUT2D eigenvalue weighted by molar-refractivity contribution is -0.147. The summed E-state index contributed by atoms with van der Waals surface area (Å²) in [5.41, 5.74) is -0.973. The van der Waals surface area contributed by atoms with Gasteiger partial charge in [0.05, 0.1) is 11.0 Å². The van der Waals surface area contributed by atoms with Crippen LogP contribution in [0.15, 0.2) is 22.7 Å². The Morgan fingerprint density at radius 1 is 1.47 bits per heavy atom. The summed E-state index contributed by atoms with van der Waals surface area (Å²) in [6.45, 7) is 2.04. The molecule has 102 valence electrons. The van der Waals surface area contributed by atoms with Gasteiger partial charge < -0.3 is 10.0 Å². The van der Waals surface area contributed by atoms with E-state index in [9.17, 15) is 14.0 Å². The lowest BCUT2D eigenvalue weighted by atomic mass is 9.90. The molecule has 1 aromatic rings. The van der Waals surface area contributed by atoms with E-state index >= 15 is 0 Å². The SMILES string of the molecule is CC1(C(=O)O)CCN(C(=O)c2ccc(Br)cc2F)C1. The third-order valence-electron chi connectivity index (χ3n) is 3.44. The molecular formula is C13H13BrFNO3. The molecule has 1 fully saturated rings. The van der Waals surface area contributed by atoms with Gasteiger partial charge in [-0.2, -0.15) is 0 Å². The van der Waals surface area contributed by atoms with Crippen LogP contribution in [0.4, 0.5) is 4.39 Å². The second-order valence-corrected chi connectivity index (χ2v) is 5.88. The Morgan fingerprint density at radius 2 is 2.16 bits per heavy atom. The van der Waals surface area contributed by atoms with Crippen molar-refractivity contribution in [3.63, 3.8) is 0 Å². The maximum atomic E-state index is 13.7. The molecular weight excluding hydrogens is 317 g/mol. The van der Waals surface area contributed by atoms with E-state index in [1.54, 1.807) is 13.0 Å². The smallest absolute Gasteiger partial charge is 0.311 e. The van der Waals surface area contributed by atoms with Gasteiger partial charge in [0.15, 0.2) is 0 Å². The highest BCUT2D eigenvalue weighted by Gasteiger charge is 2.42. The van der Waals surface area contributed by atoms with E-state index in [2.05, 4.69) is 15.9 Å². The van der Waals surface area contributed by atoms with Crippen molar-refractivity contribution < 1.29 is 19.1 Å². The van der Waals surface area contributed by atoms with Crippen molar-refractivity contribution in [1.29, 1.82) is 0 Å². The summed E-state index contributed by atoms with van der Waals surface area (Å²) in [7, 11) is 0. The number of likely N-dealkylation sites (tertiary alicyclic amines) is 1. The predicted octanol–water partition coefficient (Wildman–Crippen LogP) is 2.53. The molecule has 2 rings (SSSR count). The molecule has 0 aliphatic carbocycles. The molecule has 1 atom stereocenters. The van der Waals surface area contributed by atoms with Crippen molar-refractivity contribution in [2.45, 2.75) is 13.3 Å². The van der Waals surface area contributed by atoms with Gasteiger partial charge in [-0.15, -0.1) is 0 Å². The van der Waals surface area contributed by atoms with Gasteiger partial charge in [-0.25, -0.2) is 4.39 Å². The Kier molecular flexibility index (Phi) is 3.62. The predicted molar refractivity (Wildman–Crippen MR) is 70.4 cm³/mol. The summed E-state index contributed by atoms with van der Waals surface area (Å²) in [6.07, 6.45) is 0.381. The van der Waals surface area contributed by atoms with Gasteiger partial charge in [0, 0.05) is 17.6 Å². The Labute approximate surface area is 118 Å². The molecule has 0 saturated carbocycles. The molecule has 1 aromatic carbocycles. The van der Waals surface area contributed by atoms with Crippen LogP contribution in [0.3, 0.4) is 0 Å². The standard InChI is InChI=1S/C13H13BrFNO3/c1-13(12(18)19)4-5-16(7-13)11(17)9-3-2-8(14)6-10(9)15/h2-3,6H,4-5,7H2,1H3,(H,18,19). The summed E-state index contributed by atoms with van der Waals surface area (Å²) in [4.78, 5) is 24.7. The molecule has 4 nitrogen and oxygen atoms in total. The van der Waals surface area contributed by atoms with Crippen LogP contribution in [0.2, 0.25) is 0 Å². The number of carbonyl (C=O) groups is 2. The first kappa shape index (κ1) is 14.0. The van der Waals surface area contributed by atoms with Crippen molar-refractivity contribution in [2.75, 3.05) is 13.1 Å². The number of hydrogen-bond donors (Lipinski definition) is 1. The van der Waals surface area contributed by atoms with E-state index in [-0.39, 0.29) is 12.1 Å². The quantitative estimate of drug-likeness (QED) is 0.907. The molecule has 1 N–H and O–H groups in total. The van der Waals surface area contributed by atoms with Crippen molar-refractivity contribution in [3.8, 4) is 0 Å². The van der Waals surface area contributed by atoms with Gasteiger partial charge in [-0.05, 0) is 31.5 Å². The summed E-state index contributed by atoms with van der Waals surface area (Å²) in [6, 6.07) is 4.21. The van der Waals surface area contributed by atoms with Crippen LogP contribution in [0.5, 0.6) is 0 Å². The number of benzene rings is 1. The van der Waals surface area contributed by atoms with Gasteiger partial charge in [0.1, 0.15) is 5.82 Å². The molecule has 1 amide bonds. The molecule has 1 aliphatic rings. The van der Waals surface area contributed by atoms with Crippen LogP contribution in [-0.2, 0) is 4.79 Å². The minimum absolute atomic E-state index is 0.0298. The number of rotatable bonds is 2. The number of carboxylic acid groups (broad SMARTS) is 1. The highest BCUT2D eigenvalue weighted by Crippen LogP contribution is 2.31. The first-order valence-electron chi connectivity index (χ1n) is 5.81. The molecule has 6 heteroatoms. The van der Waals surface area contributed by atoms with E-state index in [4.69, 9.17) is 5.11 Å². The van der Waals surface area contributed by atoms with Gasteiger partial charge in [-0.3, -0.25) is 9.59 Å². The molecule has 0 bridgehead atoms.